The van der Waals surface area contributed by atoms with E-state index in [2.05, 4.69) is 4.89 Å². The van der Waals surface area contributed by atoms with Crippen molar-refractivity contribution in [3.63, 3.8) is 0 Å². The third kappa shape index (κ3) is 3.01. The molecular formula is C8H7Cl3O2. The third-order valence-corrected chi connectivity index (χ3v) is 2.10. The van der Waals surface area contributed by atoms with Crippen molar-refractivity contribution in [1.29, 1.82) is 0 Å². The fraction of sp³-hybridized carbons (Fsp3) is 0.250. The van der Waals surface area contributed by atoms with Gasteiger partial charge in [-0.2, -0.15) is 0 Å². The Balaban J connectivity index is 2.92. The maximum atomic E-state index is 8.56. The molecule has 1 atom stereocenters. The summed E-state index contributed by atoms with van der Waals surface area (Å²) in [6, 6.07) is 8.73. The van der Waals surface area contributed by atoms with Crippen LogP contribution in [0.3, 0.4) is 0 Å². The fourth-order valence-electron chi connectivity index (χ4n) is 0.937. The van der Waals surface area contributed by atoms with E-state index in [1.54, 1.807) is 24.3 Å². The van der Waals surface area contributed by atoms with E-state index < -0.39 is 9.90 Å². The molecule has 13 heavy (non-hydrogen) atoms. The van der Waals surface area contributed by atoms with Crippen LogP contribution in [0.4, 0.5) is 0 Å². The van der Waals surface area contributed by atoms with Gasteiger partial charge in [0.2, 0.25) is 3.79 Å². The molecule has 0 radical (unpaired) electrons. The van der Waals surface area contributed by atoms with Gasteiger partial charge in [0.05, 0.1) is 0 Å². The molecule has 72 valence electrons. The summed E-state index contributed by atoms with van der Waals surface area (Å²) >= 11 is 16.7. The SMILES string of the molecule is OOC(c1ccccc1)C(Cl)(Cl)Cl. The quantitative estimate of drug-likeness (QED) is 0.487. The molecule has 0 aliphatic rings. The molecule has 0 spiro atoms. The van der Waals surface area contributed by atoms with Gasteiger partial charge in [0, 0.05) is 0 Å². The molecule has 0 heterocycles. The average molecular weight is 242 g/mol. The second-order valence-electron chi connectivity index (χ2n) is 2.44. The van der Waals surface area contributed by atoms with Gasteiger partial charge in [-0.3, -0.25) is 5.26 Å². The zero-order chi connectivity index (χ0) is 9.90. The Morgan fingerprint density at radius 2 is 1.69 bits per heavy atom. The summed E-state index contributed by atoms with van der Waals surface area (Å²) in [6.45, 7) is 0. The van der Waals surface area contributed by atoms with Crippen molar-refractivity contribution in [3.8, 4) is 0 Å². The summed E-state index contributed by atoms with van der Waals surface area (Å²) in [5, 5.41) is 8.56. The van der Waals surface area contributed by atoms with Crippen LogP contribution in [0.2, 0.25) is 0 Å². The standard InChI is InChI=1S/C8H7Cl3O2/c9-8(10,11)7(13-12)6-4-2-1-3-5-6/h1-5,7,12H. The zero-order valence-corrected chi connectivity index (χ0v) is 8.72. The summed E-state index contributed by atoms with van der Waals surface area (Å²) in [7, 11) is 0. The molecule has 0 aliphatic carbocycles. The molecule has 1 aromatic rings. The molecule has 1 N–H and O–H groups in total. The van der Waals surface area contributed by atoms with Gasteiger partial charge in [-0.1, -0.05) is 65.1 Å². The van der Waals surface area contributed by atoms with Crippen molar-refractivity contribution in [2.75, 3.05) is 0 Å². The summed E-state index contributed by atoms with van der Waals surface area (Å²) in [5.74, 6) is 0. The van der Waals surface area contributed by atoms with Crippen LogP contribution < -0.4 is 0 Å². The highest BCUT2D eigenvalue weighted by molar-refractivity contribution is 6.68. The molecule has 0 saturated carbocycles. The Kier molecular flexibility index (Phi) is 3.83. The second-order valence-corrected chi connectivity index (χ2v) is 4.81. The molecule has 0 bridgehead atoms. The van der Waals surface area contributed by atoms with Crippen molar-refractivity contribution in [2.45, 2.75) is 9.90 Å². The lowest BCUT2D eigenvalue weighted by Crippen LogP contribution is -2.18. The lowest BCUT2D eigenvalue weighted by atomic mass is 10.1. The van der Waals surface area contributed by atoms with Crippen LogP contribution in [0.25, 0.3) is 0 Å². The molecule has 0 saturated heterocycles. The predicted octanol–water partition coefficient (Wildman–Crippen LogP) is 3.59. The summed E-state index contributed by atoms with van der Waals surface area (Å²) in [6.07, 6.45) is -0.973. The number of hydrogen-bond donors (Lipinski definition) is 1. The largest absolute Gasteiger partial charge is 0.251 e. The van der Waals surface area contributed by atoms with Crippen LogP contribution in [-0.2, 0) is 4.89 Å². The minimum absolute atomic E-state index is 0.602. The van der Waals surface area contributed by atoms with Gasteiger partial charge in [0.15, 0.2) is 6.10 Å². The van der Waals surface area contributed by atoms with E-state index in [1.807, 2.05) is 6.07 Å². The first-order valence-electron chi connectivity index (χ1n) is 3.47. The van der Waals surface area contributed by atoms with E-state index in [-0.39, 0.29) is 0 Å². The molecule has 1 unspecified atom stereocenters. The summed E-state index contributed by atoms with van der Waals surface area (Å²) in [4.78, 5) is 4.10. The Morgan fingerprint density at radius 3 is 2.08 bits per heavy atom. The smallest absolute Gasteiger partial charge is 0.223 e. The molecule has 0 aliphatic heterocycles. The number of halogens is 3. The first-order valence-corrected chi connectivity index (χ1v) is 4.61. The molecule has 5 heteroatoms. The van der Waals surface area contributed by atoms with Gasteiger partial charge < -0.3 is 0 Å². The van der Waals surface area contributed by atoms with Crippen molar-refractivity contribution in [2.24, 2.45) is 0 Å². The highest BCUT2D eigenvalue weighted by atomic mass is 35.6. The molecule has 0 fully saturated rings. The number of alkyl halides is 3. The molecule has 2 nitrogen and oxygen atoms in total. The second kappa shape index (κ2) is 4.49. The average Bonchev–Trinajstić information content (AvgIpc) is 2.05. The van der Waals surface area contributed by atoms with Crippen LogP contribution >= 0.6 is 34.8 Å². The minimum atomic E-state index is -1.68. The van der Waals surface area contributed by atoms with E-state index in [0.29, 0.717) is 5.56 Å². The van der Waals surface area contributed by atoms with Crippen molar-refractivity contribution in [3.05, 3.63) is 35.9 Å². The number of hydrogen-bond acceptors (Lipinski definition) is 2. The van der Waals surface area contributed by atoms with Gasteiger partial charge >= 0.3 is 0 Å². The highest BCUT2D eigenvalue weighted by Gasteiger charge is 2.35. The van der Waals surface area contributed by atoms with E-state index in [1.165, 1.54) is 0 Å². The van der Waals surface area contributed by atoms with E-state index >= 15 is 0 Å². The van der Waals surface area contributed by atoms with Crippen LogP contribution in [-0.4, -0.2) is 9.05 Å². The summed E-state index contributed by atoms with van der Waals surface area (Å²) in [5.41, 5.74) is 0.602. The highest BCUT2D eigenvalue weighted by Crippen LogP contribution is 2.41. The van der Waals surface area contributed by atoms with Gasteiger partial charge in [0.1, 0.15) is 0 Å². The fourth-order valence-corrected chi connectivity index (χ4v) is 1.43. The molecular weight excluding hydrogens is 234 g/mol. The first-order chi connectivity index (χ1) is 6.05. The van der Waals surface area contributed by atoms with Crippen LogP contribution in [0.5, 0.6) is 0 Å². The third-order valence-electron chi connectivity index (χ3n) is 1.51. The molecule has 0 aromatic heterocycles. The van der Waals surface area contributed by atoms with E-state index in [0.717, 1.165) is 0 Å². The Bertz CT molecular complexity index is 258. The number of rotatable bonds is 2. The maximum absolute atomic E-state index is 8.56. The van der Waals surface area contributed by atoms with Crippen molar-refractivity contribution < 1.29 is 10.1 Å². The molecule has 1 aromatic carbocycles. The van der Waals surface area contributed by atoms with Gasteiger partial charge in [-0.25, -0.2) is 4.89 Å². The van der Waals surface area contributed by atoms with Crippen molar-refractivity contribution in [1.82, 2.24) is 0 Å². The van der Waals surface area contributed by atoms with E-state index in [9.17, 15) is 0 Å². The van der Waals surface area contributed by atoms with Gasteiger partial charge in [0.25, 0.3) is 0 Å². The van der Waals surface area contributed by atoms with Gasteiger partial charge in [-0.15, -0.1) is 0 Å². The van der Waals surface area contributed by atoms with Crippen LogP contribution in [0, 0.1) is 0 Å². The lowest BCUT2D eigenvalue weighted by molar-refractivity contribution is -0.280. The topological polar surface area (TPSA) is 29.5 Å². The monoisotopic (exact) mass is 240 g/mol. The van der Waals surface area contributed by atoms with Crippen LogP contribution in [0.1, 0.15) is 11.7 Å². The Morgan fingerprint density at radius 1 is 1.15 bits per heavy atom. The van der Waals surface area contributed by atoms with Crippen LogP contribution in [0.15, 0.2) is 30.3 Å². The maximum Gasteiger partial charge on any atom is 0.223 e. The minimum Gasteiger partial charge on any atom is -0.251 e. The van der Waals surface area contributed by atoms with E-state index in [4.69, 9.17) is 40.1 Å². The first kappa shape index (κ1) is 11.1. The molecule has 1 rings (SSSR count). The predicted molar refractivity (Wildman–Crippen MR) is 53.2 cm³/mol. The van der Waals surface area contributed by atoms with Gasteiger partial charge in [-0.05, 0) is 5.56 Å². The van der Waals surface area contributed by atoms with Crippen molar-refractivity contribution >= 4 is 34.8 Å². The molecule has 0 amide bonds. The zero-order valence-electron chi connectivity index (χ0n) is 6.45. The number of benzene rings is 1. The Hall–Kier alpha value is 0.01000. The summed E-state index contributed by atoms with van der Waals surface area (Å²) < 4.78 is -1.68. The lowest BCUT2D eigenvalue weighted by Gasteiger charge is -2.20. The Labute approximate surface area is 90.9 Å². The normalized spacial score (nSPS) is 14.2.